The number of rotatable bonds is 4. The molecule has 0 aromatic heterocycles. The topological polar surface area (TPSA) is 99.3 Å². The number of carbonyl (C=O) groups is 3. The lowest BCUT2D eigenvalue weighted by molar-refractivity contribution is -0.120. The third-order valence-corrected chi connectivity index (χ3v) is 3.30. The van der Waals surface area contributed by atoms with Gasteiger partial charge in [0.05, 0.1) is 6.54 Å². The second kappa shape index (κ2) is 9.23. The lowest BCUT2D eigenvalue weighted by Crippen LogP contribution is -2.50. The molecule has 0 saturated heterocycles. The van der Waals surface area contributed by atoms with Crippen LogP contribution in [-0.4, -0.2) is 29.4 Å². The van der Waals surface area contributed by atoms with E-state index in [0.717, 1.165) is 12.1 Å². The van der Waals surface area contributed by atoms with E-state index >= 15 is 0 Å². The molecule has 0 spiro atoms. The summed E-state index contributed by atoms with van der Waals surface area (Å²) in [4.78, 5) is 35.3. The molecule has 0 heterocycles. The highest BCUT2D eigenvalue weighted by Crippen LogP contribution is 2.02. The van der Waals surface area contributed by atoms with Crippen molar-refractivity contribution in [3.63, 3.8) is 0 Å². The number of carbonyl (C=O) groups excluding carboxylic acids is 3. The summed E-state index contributed by atoms with van der Waals surface area (Å²) < 4.78 is 12.8. The molecule has 7 nitrogen and oxygen atoms in total. The third kappa shape index (κ3) is 5.95. The van der Waals surface area contributed by atoms with Crippen molar-refractivity contribution in [2.75, 3.05) is 6.54 Å². The van der Waals surface area contributed by atoms with Gasteiger partial charge in [-0.1, -0.05) is 18.2 Å². The van der Waals surface area contributed by atoms with Gasteiger partial charge in [0, 0.05) is 11.1 Å². The first kappa shape index (κ1) is 19.0. The molecule has 2 rings (SSSR count). The third-order valence-electron chi connectivity index (χ3n) is 3.09. The Kier molecular flexibility index (Phi) is 6.75. The fraction of sp³-hybridized carbons (Fsp3) is 0.0588. The second-order valence-corrected chi connectivity index (χ2v) is 5.42. The summed E-state index contributed by atoms with van der Waals surface area (Å²) in [5, 5.41) is 4.66. The largest absolute Gasteiger partial charge is 0.343 e. The van der Waals surface area contributed by atoms with Crippen molar-refractivity contribution >= 4 is 35.1 Å². The van der Waals surface area contributed by atoms with Crippen LogP contribution >= 0.6 is 12.2 Å². The predicted octanol–water partition coefficient (Wildman–Crippen LogP) is 0.891. The van der Waals surface area contributed by atoms with Crippen LogP contribution in [0.15, 0.2) is 54.6 Å². The van der Waals surface area contributed by atoms with Crippen molar-refractivity contribution in [1.82, 2.24) is 21.5 Å². The second-order valence-electron chi connectivity index (χ2n) is 5.01. The molecule has 134 valence electrons. The van der Waals surface area contributed by atoms with Gasteiger partial charge in [-0.25, -0.2) is 4.39 Å². The van der Waals surface area contributed by atoms with Gasteiger partial charge in [0.1, 0.15) is 5.82 Å². The molecule has 0 aliphatic heterocycles. The maximum atomic E-state index is 12.8. The zero-order chi connectivity index (χ0) is 18.9. The molecule has 0 aliphatic carbocycles. The highest BCUT2D eigenvalue weighted by atomic mass is 32.1. The minimum Gasteiger partial charge on any atom is -0.343 e. The zero-order valence-electron chi connectivity index (χ0n) is 13.4. The minimum absolute atomic E-state index is 0.0999. The maximum absolute atomic E-state index is 12.8. The van der Waals surface area contributed by atoms with Gasteiger partial charge in [-0.15, -0.1) is 0 Å². The maximum Gasteiger partial charge on any atom is 0.257 e. The van der Waals surface area contributed by atoms with Crippen LogP contribution in [0.2, 0.25) is 0 Å². The van der Waals surface area contributed by atoms with Crippen LogP contribution in [0.4, 0.5) is 4.39 Å². The molecular weight excluding hydrogens is 359 g/mol. The Morgan fingerprint density at radius 3 is 2.12 bits per heavy atom. The van der Waals surface area contributed by atoms with Crippen molar-refractivity contribution in [3.8, 4) is 0 Å². The van der Waals surface area contributed by atoms with E-state index in [1.807, 2.05) is 0 Å². The predicted molar refractivity (Wildman–Crippen MR) is 96.5 cm³/mol. The van der Waals surface area contributed by atoms with Gasteiger partial charge in [0.15, 0.2) is 5.11 Å². The Balaban J connectivity index is 1.71. The quantitative estimate of drug-likeness (QED) is 0.471. The van der Waals surface area contributed by atoms with E-state index in [0.29, 0.717) is 5.56 Å². The first-order valence-corrected chi connectivity index (χ1v) is 7.85. The molecule has 9 heteroatoms. The van der Waals surface area contributed by atoms with E-state index in [4.69, 9.17) is 12.2 Å². The molecular formula is C17H15FN4O3S. The minimum atomic E-state index is -0.586. The molecule has 0 unspecified atom stereocenters. The van der Waals surface area contributed by atoms with Gasteiger partial charge in [-0.05, 0) is 48.6 Å². The molecule has 2 aromatic rings. The Hall–Kier alpha value is -3.33. The average molecular weight is 374 g/mol. The van der Waals surface area contributed by atoms with Gasteiger partial charge < -0.3 is 5.32 Å². The Labute approximate surface area is 153 Å². The first-order chi connectivity index (χ1) is 12.5. The Morgan fingerprint density at radius 2 is 1.46 bits per heavy atom. The number of thiocarbonyl (C=S) groups is 1. The number of halogens is 1. The molecule has 0 radical (unpaired) electrons. The smallest absolute Gasteiger partial charge is 0.257 e. The first-order valence-electron chi connectivity index (χ1n) is 7.44. The van der Waals surface area contributed by atoms with E-state index in [1.165, 1.54) is 12.1 Å². The van der Waals surface area contributed by atoms with Gasteiger partial charge in [-0.2, -0.15) is 0 Å². The van der Waals surface area contributed by atoms with Gasteiger partial charge in [-0.3, -0.25) is 30.6 Å². The van der Waals surface area contributed by atoms with E-state index < -0.39 is 23.5 Å². The fourth-order valence-electron chi connectivity index (χ4n) is 1.83. The molecule has 0 atom stereocenters. The molecule has 0 aliphatic rings. The number of hydrazine groups is 1. The molecule has 26 heavy (non-hydrogen) atoms. The van der Waals surface area contributed by atoms with Gasteiger partial charge in [0.25, 0.3) is 17.7 Å². The van der Waals surface area contributed by atoms with Crippen molar-refractivity contribution < 1.29 is 18.8 Å². The van der Waals surface area contributed by atoms with Crippen LogP contribution < -0.4 is 21.5 Å². The summed E-state index contributed by atoms with van der Waals surface area (Å²) in [6.45, 7) is -0.335. The molecule has 0 saturated carbocycles. The summed E-state index contributed by atoms with van der Waals surface area (Å²) in [6.07, 6.45) is 0. The molecule has 2 aromatic carbocycles. The van der Waals surface area contributed by atoms with E-state index in [9.17, 15) is 18.8 Å². The zero-order valence-corrected chi connectivity index (χ0v) is 14.2. The monoisotopic (exact) mass is 374 g/mol. The van der Waals surface area contributed by atoms with E-state index in [1.54, 1.807) is 30.3 Å². The number of nitrogens with one attached hydrogen (secondary N) is 4. The number of amides is 3. The van der Waals surface area contributed by atoms with Crippen molar-refractivity contribution in [1.29, 1.82) is 0 Å². The van der Waals surface area contributed by atoms with Crippen molar-refractivity contribution in [2.24, 2.45) is 0 Å². The lowest BCUT2D eigenvalue weighted by Gasteiger charge is -2.11. The van der Waals surface area contributed by atoms with Crippen LogP contribution in [0, 0.1) is 5.82 Å². The summed E-state index contributed by atoms with van der Waals surface area (Å²) in [6, 6.07) is 13.3. The van der Waals surface area contributed by atoms with Crippen LogP contribution in [0.1, 0.15) is 20.7 Å². The lowest BCUT2D eigenvalue weighted by atomic mass is 10.2. The molecule has 4 N–H and O–H groups in total. The standard InChI is InChI=1S/C17H15FN4O3S/c18-13-8-6-12(7-9-13)15(24)19-10-14(23)21-22-17(26)20-16(25)11-4-2-1-3-5-11/h1-9H,10H2,(H,19,24)(H,21,23)(H2,20,22,25,26). The van der Waals surface area contributed by atoms with Crippen molar-refractivity contribution in [3.05, 3.63) is 71.5 Å². The van der Waals surface area contributed by atoms with E-state index in [2.05, 4.69) is 21.5 Å². The SMILES string of the molecule is O=C(CNC(=O)c1ccc(F)cc1)NNC(=S)NC(=O)c1ccccc1. The molecule has 3 amide bonds. The summed E-state index contributed by atoms with van der Waals surface area (Å²) in [5.41, 5.74) is 5.22. The molecule has 0 bridgehead atoms. The van der Waals surface area contributed by atoms with Crippen LogP contribution in [0.3, 0.4) is 0 Å². The van der Waals surface area contributed by atoms with Crippen LogP contribution in [0.5, 0.6) is 0 Å². The Morgan fingerprint density at radius 1 is 0.846 bits per heavy atom. The highest BCUT2D eigenvalue weighted by molar-refractivity contribution is 7.80. The number of hydrogen-bond donors (Lipinski definition) is 4. The summed E-state index contributed by atoms with van der Waals surface area (Å²) in [7, 11) is 0. The normalized spacial score (nSPS) is 9.73. The van der Waals surface area contributed by atoms with Crippen LogP contribution in [0.25, 0.3) is 0 Å². The molecule has 0 fully saturated rings. The number of hydrogen-bond acceptors (Lipinski definition) is 4. The average Bonchev–Trinajstić information content (AvgIpc) is 2.65. The van der Waals surface area contributed by atoms with E-state index in [-0.39, 0.29) is 17.2 Å². The summed E-state index contributed by atoms with van der Waals surface area (Å²) >= 11 is 4.89. The van der Waals surface area contributed by atoms with Gasteiger partial charge >= 0.3 is 0 Å². The van der Waals surface area contributed by atoms with Gasteiger partial charge in [0.2, 0.25) is 0 Å². The highest BCUT2D eigenvalue weighted by Gasteiger charge is 2.10. The Bertz CT molecular complexity index is 813. The summed E-state index contributed by atoms with van der Waals surface area (Å²) in [5.74, 6) is -2.01. The van der Waals surface area contributed by atoms with Crippen LogP contribution in [-0.2, 0) is 4.79 Å². The fourth-order valence-corrected chi connectivity index (χ4v) is 1.97. The van der Waals surface area contributed by atoms with Crippen molar-refractivity contribution in [2.45, 2.75) is 0 Å². The number of benzene rings is 2.